The first-order chi connectivity index (χ1) is 7.33. The van der Waals surface area contributed by atoms with Crippen molar-refractivity contribution >= 4 is 5.88 Å². The standard InChI is InChI=1S/C11H13N3O/c1-2-3-9-10(14-15-11(9)12)8-4-6-13-7-5-8/h4-7H,2-3,12H2,1H3. The first kappa shape index (κ1) is 9.71. The molecule has 0 atom stereocenters. The Morgan fingerprint density at radius 1 is 1.33 bits per heavy atom. The maximum atomic E-state index is 5.72. The fraction of sp³-hybridized carbons (Fsp3) is 0.273. The molecule has 4 nitrogen and oxygen atoms in total. The van der Waals surface area contributed by atoms with Crippen LogP contribution in [0.2, 0.25) is 0 Å². The van der Waals surface area contributed by atoms with Gasteiger partial charge in [0.15, 0.2) is 0 Å². The third-order valence-electron chi connectivity index (χ3n) is 2.27. The van der Waals surface area contributed by atoms with Crippen molar-refractivity contribution in [3.05, 3.63) is 30.1 Å². The summed E-state index contributed by atoms with van der Waals surface area (Å²) in [6.45, 7) is 2.10. The third-order valence-corrected chi connectivity index (χ3v) is 2.27. The van der Waals surface area contributed by atoms with Gasteiger partial charge in [-0.2, -0.15) is 0 Å². The van der Waals surface area contributed by atoms with Crippen molar-refractivity contribution in [1.82, 2.24) is 10.1 Å². The summed E-state index contributed by atoms with van der Waals surface area (Å²) in [4.78, 5) is 3.96. The molecule has 0 radical (unpaired) electrons. The predicted octanol–water partition coefficient (Wildman–Crippen LogP) is 2.27. The van der Waals surface area contributed by atoms with Gasteiger partial charge in [-0.1, -0.05) is 18.5 Å². The van der Waals surface area contributed by atoms with Crippen molar-refractivity contribution in [2.45, 2.75) is 19.8 Å². The van der Waals surface area contributed by atoms with Crippen LogP contribution >= 0.6 is 0 Å². The number of hydrogen-bond donors (Lipinski definition) is 1. The van der Waals surface area contributed by atoms with Crippen LogP contribution in [0.25, 0.3) is 11.3 Å². The van der Waals surface area contributed by atoms with E-state index in [1.54, 1.807) is 12.4 Å². The van der Waals surface area contributed by atoms with Crippen molar-refractivity contribution in [2.24, 2.45) is 0 Å². The fourth-order valence-electron chi connectivity index (χ4n) is 1.55. The van der Waals surface area contributed by atoms with E-state index in [1.165, 1.54) is 0 Å². The molecule has 0 fully saturated rings. The van der Waals surface area contributed by atoms with Gasteiger partial charge in [-0.05, 0) is 18.6 Å². The maximum absolute atomic E-state index is 5.72. The summed E-state index contributed by atoms with van der Waals surface area (Å²) in [5.41, 5.74) is 8.53. The zero-order chi connectivity index (χ0) is 10.7. The van der Waals surface area contributed by atoms with E-state index in [9.17, 15) is 0 Å². The lowest BCUT2D eigenvalue weighted by molar-refractivity contribution is 0.438. The molecule has 0 unspecified atom stereocenters. The number of nitrogens with zero attached hydrogens (tertiary/aromatic N) is 2. The molecular weight excluding hydrogens is 190 g/mol. The lowest BCUT2D eigenvalue weighted by Crippen LogP contribution is -1.91. The lowest BCUT2D eigenvalue weighted by Gasteiger charge is -1.99. The van der Waals surface area contributed by atoms with Gasteiger partial charge in [0, 0.05) is 23.5 Å². The van der Waals surface area contributed by atoms with Crippen LogP contribution in [0.3, 0.4) is 0 Å². The highest BCUT2D eigenvalue weighted by Gasteiger charge is 2.13. The highest BCUT2D eigenvalue weighted by atomic mass is 16.5. The summed E-state index contributed by atoms with van der Waals surface area (Å²) in [6, 6.07) is 3.80. The average molecular weight is 203 g/mol. The molecule has 2 heterocycles. The molecule has 0 aliphatic heterocycles. The number of anilines is 1. The molecule has 0 spiro atoms. The smallest absolute Gasteiger partial charge is 0.225 e. The van der Waals surface area contributed by atoms with Gasteiger partial charge in [0.05, 0.1) is 0 Å². The van der Waals surface area contributed by atoms with E-state index in [0.717, 1.165) is 29.7 Å². The van der Waals surface area contributed by atoms with E-state index >= 15 is 0 Å². The van der Waals surface area contributed by atoms with E-state index in [4.69, 9.17) is 10.3 Å². The Labute approximate surface area is 88.1 Å². The Balaban J connectivity index is 2.44. The zero-order valence-corrected chi connectivity index (χ0v) is 8.60. The minimum absolute atomic E-state index is 0.420. The molecular formula is C11H13N3O. The minimum Gasteiger partial charge on any atom is -0.367 e. The van der Waals surface area contributed by atoms with E-state index in [2.05, 4.69) is 17.1 Å². The molecule has 4 heteroatoms. The average Bonchev–Trinajstić information content (AvgIpc) is 2.63. The Bertz CT molecular complexity index is 436. The summed E-state index contributed by atoms with van der Waals surface area (Å²) in [6.07, 6.45) is 5.36. The summed E-state index contributed by atoms with van der Waals surface area (Å²) in [7, 11) is 0. The number of nitrogen functional groups attached to an aromatic ring is 1. The highest BCUT2D eigenvalue weighted by molar-refractivity contribution is 5.66. The summed E-state index contributed by atoms with van der Waals surface area (Å²) in [5.74, 6) is 0.420. The summed E-state index contributed by atoms with van der Waals surface area (Å²) >= 11 is 0. The van der Waals surface area contributed by atoms with Crippen LogP contribution in [0.15, 0.2) is 29.0 Å². The Kier molecular flexibility index (Phi) is 2.67. The number of pyridine rings is 1. The van der Waals surface area contributed by atoms with Gasteiger partial charge < -0.3 is 10.3 Å². The Morgan fingerprint density at radius 2 is 2.07 bits per heavy atom. The monoisotopic (exact) mass is 203 g/mol. The van der Waals surface area contributed by atoms with Gasteiger partial charge in [-0.3, -0.25) is 4.98 Å². The van der Waals surface area contributed by atoms with Crippen LogP contribution in [0.1, 0.15) is 18.9 Å². The third kappa shape index (κ3) is 1.83. The molecule has 2 aromatic heterocycles. The quantitative estimate of drug-likeness (QED) is 0.831. The van der Waals surface area contributed by atoms with Gasteiger partial charge in [-0.25, -0.2) is 0 Å². The predicted molar refractivity (Wildman–Crippen MR) is 58.1 cm³/mol. The first-order valence-corrected chi connectivity index (χ1v) is 4.97. The second-order valence-corrected chi connectivity index (χ2v) is 3.36. The van der Waals surface area contributed by atoms with E-state index in [-0.39, 0.29) is 0 Å². The molecule has 0 aliphatic rings. The van der Waals surface area contributed by atoms with E-state index in [0.29, 0.717) is 5.88 Å². The number of rotatable bonds is 3. The highest BCUT2D eigenvalue weighted by Crippen LogP contribution is 2.27. The largest absolute Gasteiger partial charge is 0.367 e. The van der Waals surface area contributed by atoms with Crippen LogP contribution < -0.4 is 5.73 Å². The Morgan fingerprint density at radius 3 is 2.73 bits per heavy atom. The molecule has 2 aromatic rings. The van der Waals surface area contributed by atoms with Crippen LogP contribution in [0.5, 0.6) is 0 Å². The molecule has 0 bridgehead atoms. The molecule has 0 aromatic carbocycles. The second kappa shape index (κ2) is 4.13. The summed E-state index contributed by atoms with van der Waals surface area (Å²) in [5, 5.41) is 3.98. The fourth-order valence-corrected chi connectivity index (χ4v) is 1.55. The number of nitrogens with two attached hydrogens (primary N) is 1. The first-order valence-electron chi connectivity index (χ1n) is 4.97. The Hall–Kier alpha value is -1.84. The van der Waals surface area contributed by atoms with Gasteiger partial charge in [0.25, 0.3) is 0 Å². The SMILES string of the molecule is CCCc1c(-c2ccncc2)noc1N. The van der Waals surface area contributed by atoms with Crippen molar-refractivity contribution in [3.63, 3.8) is 0 Å². The van der Waals surface area contributed by atoms with Crippen molar-refractivity contribution in [1.29, 1.82) is 0 Å². The zero-order valence-electron chi connectivity index (χ0n) is 8.60. The van der Waals surface area contributed by atoms with Gasteiger partial charge in [0.2, 0.25) is 5.88 Å². The number of hydrogen-bond acceptors (Lipinski definition) is 4. The number of aromatic nitrogens is 2. The van der Waals surface area contributed by atoms with E-state index < -0.39 is 0 Å². The molecule has 0 saturated heterocycles. The van der Waals surface area contributed by atoms with Crippen molar-refractivity contribution in [3.8, 4) is 11.3 Å². The van der Waals surface area contributed by atoms with Crippen molar-refractivity contribution < 1.29 is 4.52 Å². The van der Waals surface area contributed by atoms with Gasteiger partial charge in [-0.15, -0.1) is 0 Å². The van der Waals surface area contributed by atoms with Gasteiger partial charge in [0.1, 0.15) is 5.69 Å². The molecule has 0 aliphatic carbocycles. The molecule has 0 amide bonds. The van der Waals surface area contributed by atoms with E-state index in [1.807, 2.05) is 12.1 Å². The molecule has 2 rings (SSSR count). The van der Waals surface area contributed by atoms with Crippen LogP contribution in [-0.2, 0) is 6.42 Å². The van der Waals surface area contributed by atoms with Gasteiger partial charge >= 0.3 is 0 Å². The molecule has 78 valence electrons. The van der Waals surface area contributed by atoms with Crippen LogP contribution in [0.4, 0.5) is 5.88 Å². The van der Waals surface area contributed by atoms with Crippen molar-refractivity contribution in [2.75, 3.05) is 5.73 Å². The topological polar surface area (TPSA) is 64.9 Å². The van der Waals surface area contributed by atoms with Crippen LogP contribution in [0, 0.1) is 0 Å². The molecule has 0 saturated carbocycles. The molecule has 15 heavy (non-hydrogen) atoms. The maximum Gasteiger partial charge on any atom is 0.225 e. The normalized spacial score (nSPS) is 10.5. The second-order valence-electron chi connectivity index (χ2n) is 3.36. The minimum atomic E-state index is 0.420. The lowest BCUT2D eigenvalue weighted by atomic mass is 10.1. The molecule has 2 N–H and O–H groups in total. The summed E-state index contributed by atoms with van der Waals surface area (Å²) < 4.78 is 5.01. The van der Waals surface area contributed by atoms with Crippen LogP contribution in [-0.4, -0.2) is 10.1 Å².